The molecular formula is C17H14N4O. The number of nitrogens with one attached hydrogen (secondary N) is 1. The number of rotatable bonds is 4. The third-order valence-corrected chi connectivity index (χ3v) is 3.56. The standard InChI is InChI=1S/C17H14N4O/c18-10-13-1-5-14(6-2-13)16(17-19-11-20-21-17)9-12-3-7-15(22)8-4-12/h1-8,11,16,22H,9H2,(H,19,20,21). The molecule has 0 aliphatic rings. The molecule has 2 aromatic carbocycles. The maximum absolute atomic E-state index is 9.39. The Balaban J connectivity index is 1.93. The van der Waals surface area contributed by atoms with Crippen LogP contribution in [0.1, 0.15) is 28.4 Å². The molecule has 1 heterocycles. The fourth-order valence-electron chi connectivity index (χ4n) is 2.40. The molecule has 0 fully saturated rings. The van der Waals surface area contributed by atoms with E-state index in [9.17, 15) is 5.11 Å². The molecule has 1 atom stereocenters. The molecule has 22 heavy (non-hydrogen) atoms. The van der Waals surface area contributed by atoms with Gasteiger partial charge in [0.15, 0.2) is 5.82 Å². The van der Waals surface area contributed by atoms with Crippen LogP contribution in [0.2, 0.25) is 0 Å². The number of aromatic nitrogens is 3. The van der Waals surface area contributed by atoms with E-state index in [1.54, 1.807) is 30.6 Å². The maximum atomic E-state index is 9.39. The average Bonchev–Trinajstić information content (AvgIpc) is 3.09. The molecule has 108 valence electrons. The van der Waals surface area contributed by atoms with Crippen LogP contribution >= 0.6 is 0 Å². The van der Waals surface area contributed by atoms with Crippen molar-refractivity contribution in [2.45, 2.75) is 12.3 Å². The number of aromatic hydroxyl groups is 1. The minimum Gasteiger partial charge on any atom is -0.508 e. The monoisotopic (exact) mass is 290 g/mol. The molecule has 0 amide bonds. The van der Waals surface area contributed by atoms with E-state index in [-0.39, 0.29) is 11.7 Å². The summed E-state index contributed by atoms with van der Waals surface area (Å²) in [5.41, 5.74) is 2.76. The minimum absolute atomic E-state index is 0.0106. The first-order chi connectivity index (χ1) is 10.8. The number of phenolic OH excluding ortho intramolecular Hbond substituents is 1. The zero-order valence-corrected chi connectivity index (χ0v) is 11.8. The number of hydrogen-bond acceptors (Lipinski definition) is 4. The number of nitrogens with zero attached hydrogens (tertiary/aromatic N) is 3. The van der Waals surface area contributed by atoms with Gasteiger partial charge in [0.1, 0.15) is 12.1 Å². The lowest BCUT2D eigenvalue weighted by molar-refractivity contribution is 0.475. The van der Waals surface area contributed by atoms with Crippen molar-refractivity contribution in [1.29, 1.82) is 5.26 Å². The largest absolute Gasteiger partial charge is 0.508 e. The molecule has 1 aromatic heterocycles. The lowest BCUT2D eigenvalue weighted by atomic mass is 9.91. The highest BCUT2D eigenvalue weighted by Crippen LogP contribution is 2.26. The van der Waals surface area contributed by atoms with Crippen molar-refractivity contribution < 1.29 is 5.11 Å². The molecular weight excluding hydrogens is 276 g/mol. The molecule has 0 saturated heterocycles. The van der Waals surface area contributed by atoms with Crippen LogP contribution in [0.5, 0.6) is 5.75 Å². The summed E-state index contributed by atoms with van der Waals surface area (Å²) in [6, 6.07) is 16.7. The molecule has 0 aliphatic heterocycles. The lowest BCUT2D eigenvalue weighted by Crippen LogP contribution is -2.07. The van der Waals surface area contributed by atoms with E-state index in [1.165, 1.54) is 0 Å². The molecule has 2 N–H and O–H groups in total. The molecule has 3 rings (SSSR count). The van der Waals surface area contributed by atoms with Gasteiger partial charge < -0.3 is 5.11 Å². The molecule has 3 aromatic rings. The predicted molar refractivity (Wildman–Crippen MR) is 81.2 cm³/mol. The van der Waals surface area contributed by atoms with Gasteiger partial charge in [-0.1, -0.05) is 24.3 Å². The highest BCUT2D eigenvalue weighted by atomic mass is 16.3. The van der Waals surface area contributed by atoms with Gasteiger partial charge in [0, 0.05) is 5.92 Å². The Morgan fingerprint density at radius 2 is 1.82 bits per heavy atom. The molecule has 0 saturated carbocycles. The summed E-state index contributed by atoms with van der Waals surface area (Å²) in [5.74, 6) is 0.942. The van der Waals surface area contributed by atoms with Crippen LogP contribution in [0, 0.1) is 11.3 Å². The van der Waals surface area contributed by atoms with E-state index >= 15 is 0 Å². The van der Waals surface area contributed by atoms with Gasteiger partial charge >= 0.3 is 0 Å². The Hall–Kier alpha value is -3.13. The van der Waals surface area contributed by atoms with Crippen molar-refractivity contribution in [2.75, 3.05) is 0 Å². The Labute approximate surface area is 127 Å². The second-order valence-electron chi connectivity index (χ2n) is 5.01. The van der Waals surface area contributed by atoms with Gasteiger partial charge in [-0.2, -0.15) is 10.4 Å². The Morgan fingerprint density at radius 3 is 2.41 bits per heavy atom. The van der Waals surface area contributed by atoms with Crippen molar-refractivity contribution in [3.8, 4) is 11.8 Å². The fraction of sp³-hybridized carbons (Fsp3) is 0.118. The highest BCUT2D eigenvalue weighted by molar-refractivity contribution is 5.36. The SMILES string of the molecule is N#Cc1ccc(C(Cc2ccc(O)cc2)c2nc[nH]n2)cc1. The van der Waals surface area contributed by atoms with Crippen LogP contribution < -0.4 is 0 Å². The van der Waals surface area contributed by atoms with Gasteiger partial charge in [-0.3, -0.25) is 5.10 Å². The number of benzene rings is 2. The van der Waals surface area contributed by atoms with Crippen molar-refractivity contribution >= 4 is 0 Å². The van der Waals surface area contributed by atoms with Crippen molar-refractivity contribution in [3.63, 3.8) is 0 Å². The Morgan fingerprint density at radius 1 is 1.09 bits per heavy atom. The van der Waals surface area contributed by atoms with E-state index in [1.807, 2.05) is 24.3 Å². The molecule has 0 bridgehead atoms. The van der Waals surface area contributed by atoms with Gasteiger partial charge in [-0.05, 0) is 41.8 Å². The average molecular weight is 290 g/mol. The third kappa shape index (κ3) is 2.96. The number of nitriles is 1. The summed E-state index contributed by atoms with van der Waals surface area (Å²) in [5, 5.41) is 25.2. The Kier molecular flexibility index (Phi) is 3.84. The zero-order valence-electron chi connectivity index (χ0n) is 11.8. The summed E-state index contributed by atoms with van der Waals surface area (Å²) in [6.07, 6.45) is 2.27. The summed E-state index contributed by atoms with van der Waals surface area (Å²) in [4.78, 5) is 4.27. The van der Waals surface area contributed by atoms with Gasteiger partial charge in [-0.15, -0.1) is 0 Å². The third-order valence-electron chi connectivity index (χ3n) is 3.56. The topological polar surface area (TPSA) is 85.6 Å². The predicted octanol–water partition coefficient (Wildman–Crippen LogP) is 2.76. The van der Waals surface area contributed by atoms with Gasteiger partial charge in [0.05, 0.1) is 11.6 Å². The lowest BCUT2D eigenvalue weighted by Gasteiger charge is -2.14. The van der Waals surface area contributed by atoms with Gasteiger partial charge in [-0.25, -0.2) is 4.98 Å². The van der Waals surface area contributed by atoms with Crippen molar-refractivity contribution in [1.82, 2.24) is 15.2 Å². The quantitative estimate of drug-likeness (QED) is 0.773. The smallest absolute Gasteiger partial charge is 0.158 e. The summed E-state index contributed by atoms with van der Waals surface area (Å²) in [7, 11) is 0. The molecule has 5 nitrogen and oxygen atoms in total. The zero-order chi connectivity index (χ0) is 15.4. The molecule has 5 heteroatoms. The van der Waals surface area contributed by atoms with Crippen LogP contribution in [0.4, 0.5) is 0 Å². The van der Waals surface area contributed by atoms with E-state index in [0.29, 0.717) is 17.8 Å². The molecule has 0 spiro atoms. The minimum atomic E-state index is -0.0106. The van der Waals surface area contributed by atoms with E-state index in [4.69, 9.17) is 5.26 Å². The number of H-pyrrole nitrogens is 1. The van der Waals surface area contributed by atoms with Crippen molar-refractivity contribution in [2.24, 2.45) is 0 Å². The first-order valence-electron chi connectivity index (χ1n) is 6.90. The molecule has 1 unspecified atom stereocenters. The van der Waals surface area contributed by atoms with Gasteiger partial charge in [0.25, 0.3) is 0 Å². The van der Waals surface area contributed by atoms with Crippen LogP contribution in [-0.2, 0) is 6.42 Å². The van der Waals surface area contributed by atoms with E-state index < -0.39 is 0 Å². The number of phenols is 1. The summed E-state index contributed by atoms with van der Waals surface area (Å²) < 4.78 is 0. The van der Waals surface area contributed by atoms with Gasteiger partial charge in [0.2, 0.25) is 0 Å². The fourth-order valence-corrected chi connectivity index (χ4v) is 2.40. The highest BCUT2D eigenvalue weighted by Gasteiger charge is 2.18. The normalized spacial score (nSPS) is 11.8. The first-order valence-corrected chi connectivity index (χ1v) is 6.90. The van der Waals surface area contributed by atoms with E-state index in [0.717, 1.165) is 11.1 Å². The van der Waals surface area contributed by atoms with Crippen LogP contribution in [-0.4, -0.2) is 20.3 Å². The second-order valence-corrected chi connectivity index (χ2v) is 5.01. The Bertz CT molecular complexity index is 771. The summed E-state index contributed by atoms with van der Waals surface area (Å²) >= 11 is 0. The first kappa shape index (κ1) is 13.8. The number of hydrogen-bond donors (Lipinski definition) is 2. The van der Waals surface area contributed by atoms with Crippen molar-refractivity contribution in [3.05, 3.63) is 77.4 Å². The number of aromatic amines is 1. The second kappa shape index (κ2) is 6.10. The molecule has 0 radical (unpaired) electrons. The van der Waals surface area contributed by atoms with Crippen LogP contribution in [0.3, 0.4) is 0 Å². The van der Waals surface area contributed by atoms with E-state index in [2.05, 4.69) is 21.3 Å². The van der Waals surface area contributed by atoms with Crippen LogP contribution in [0.25, 0.3) is 0 Å². The maximum Gasteiger partial charge on any atom is 0.158 e. The van der Waals surface area contributed by atoms with Crippen LogP contribution in [0.15, 0.2) is 54.9 Å². The summed E-state index contributed by atoms with van der Waals surface area (Å²) in [6.45, 7) is 0. The molecule has 0 aliphatic carbocycles.